The number of benzene rings is 2. The van der Waals surface area contributed by atoms with Gasteiger partial charge in [-0.25, -0.2) is 4.79 Å². The molecule has 1 saturated heterocycles. The number of aliphatic imine (C=N–C) groups is 1. The number of piperidine rings is 1. The zero-order chi connectivity index (χ0) is 27.2. The third-order valence-electron chi connectivity index (χ3n) is 6.02. The van der Waals surface area contributed by atoms with Crippen molar-refractivity contribution in [2.45, 2.75) is 45.4 Å². The van der Waals surface area contributed by atoms with Crippen molar-refractivity contribution in [2.24, 2.45) is 16.6 Å². The standard InChI is InChI=1S/C26H29F3N4O4/c1-16(2)23(35)33-12-10-18(11-13-33)20-9-8-19(14-21(20)26(27,28)29)22(34)31-24(30)32-25(36)37-15-17-6-4-3-5-7-17/h3-9,14,16,18H,10-13,15H2,1-2H3,(H3,30,31,32,34,36). The maximum Gasteiger partial charge on any atom is 0.437 e. The molecule has 3 rings (SSSR count). The van der Waals surface area contributed by atoms with Crippen LogP contribution in [0, 0.1) is 5.92 Å². The summed E-state index contributed by atoms with van der Waals surface area (Å²) in [5, 5.41) is 2.11. The number of ether oxygens (including phenoxy) is 1. The average molecular weight is 519 g/mol. The van der Waals surface area contributed by atoms with Crippen LogP contribution in [0.1, 0.15) is 59.7 Å². The molecule has 0 spiro atoms. The predicted octanol–water partition coefficient (Wildman–Crippen LogP) is 4.45. The number of guanidine groups is 1. The second kappa shape index (κ2) is 11.9. The fourth-order valence-corrected chi connectivity index (χ4v) is 4.14. The molecule has 1 aliphatic rings. The van der Waals surface area contributed by atoms with Crippen LogP contribution in [-0.2, 0) is 22.3 Å². The van der Waals surface area contributed by atoms with Crippen molar-refractivity contribution in [3.8, 4) is 0 Å². The molecule has 8 nitrogen and oxygen atoms in total. The molecule has 0 unspecified atom stereocenters. The van der Waals surface area contributed by atoms with E-state index >= 15 is 0 Å². The van der Waals surface area contributed by atoms with E-state index in [2.05, 4.69) is 10.3 Å². The maximum atomic E-state index is 13.9. The first-order valence-corrected chi connectivity index (χ1v) is 11.8. The monoisotopic (exact) mass is 518 g/mol. The Bertz CT molecular complexity index is 1160. The third-order valence-corrected chi connectivity index (χ3v) is 6.02. The van der Waals surface area contributed by atoms with Gasteiger partial charge in [0.2, 0.25) is 11.9 Å². The molecule has 0 aliphatic carbocycles. The SMILES string of the molecule is CC(C)C(=O)N1CCC(c2ccc(C(=O)N/C(N)=N\C(=O)OCc3ccccc3)cc2C(F)(F)F)CC1. The summed E-state index contributed by atoms with van der Waals surface area (Å²) >= 11 is 0. The van der Waals surface area contributed by atoms with Crippen molar-refractivity contribution in [3.63, 3.8) is 0 Å². The topological polar surface area (TPSA) is 114 Å². The number of hydrogen-bond acceptors (Lipinski definition) is 4. The van der Waals surface area contributed by atoms with Gasteiger partial charge < -0.3 is 15.4 Å². The molecule has 1 heterocycles. The van der Waals surface area contributed by atoms with Crippen LogP contribution in [0.2, 0.25) is 0 Å². The molecule has 198 valence electrons. The van der Waals surface area contributed by atoms with Gasteiger partial charge in [-0.2, -0.15) is 13.2 Å². The number of nitrogens with zero attached hydrogens (tertiary/aromatic N) is 2. The van der Waals surface area contributed by atoms with Crippen LogP contribution < -0.4 is 11.1 Å². The Morgan fingerprint density at radius 3 is 2.35 bits per heavy atom. The lowest BCUT2D eigenvalue weighted by Crippen LogP contribution is -2.40. The van der Waals surface area contributed by atoms with E-state index in [1.54, 1.807) is 49.1 Å². The van der Waals surface area contributed by atoms with Gasteiger partial charge in [-0.15, -0.1) is 4.99 Å². The van der Waals surface area contributed by atoms with Crippen LogP contribution in [0.5, 0.6) is 0 Å². The molecule has 3 N–H and O–H groups in total. The van der Waals surface area contributed by atoms with E-state index in [0.29, 0.717) is 31.5 Å². The van der Waals surface area contributed by atoms with E-state index in [-0.39, 0.29) is 29.6 Å². The van der Waals surface area contributed by atoms with Gasteiger partial charge in [0.25, 0.3) is 5.91 Å². The van der Waals surface area contributed by atoms with Gasteiger partial charge in [-0.05, 0) is 42.0 Å². The first kappa shape index (κ1) is 27.7. The van der Waals surface area contributed by atoms with Crippen LogP contribution in [0.4, 0.5) is 18.0 Å². The van der Waals surface area contributed by atoms with Crippen molar-refractivity contribution >= 4 is 23.9 Å². The summed E-state index contributed by atoms with van der Waals surface area (Å²) in [6.07, 6.45) is -4.98. The average Bonchev–Trinajstić information content (AvgIpc) is 2.86. The quantitative estimate of drug-likeness (QED) is 0.449. The zero-order valence-electron chi connectivity index (χ0n) is 20.5. The summed E-state index contributed by atoms with van der Waals surface area (Å²) in [6, 6.07) is 12.1. The molecule has 2 aromatic carbocycles. The molecular weight excluding hydrogens is 489 g/mol. The molecule has 1 aliphatic heterocycles. The Kier molecular flexibility index (Phi) is 8.90. The van der Waals surface area contributed by atoms with Crippen LogP contribution >= 0.6 is 0 Å². The molecule has 0 saturated carbocycles. The molecule has 0 radical (unpaired) electrons. The summed E-state index contributed by atoms with van der Waals surface area (Å²) in [7, 11) is 0. The van der Waals surface area contributed by atoms with Gasteiger partial charge in [-0.3, -0.25) is 14.9 Å². The number of nitrogens with two attached hydrogens (primary N) is 1. The smallest absolute Gasteiger partial charge is 0.437 e. The fraction of sp³-hybridized carbons (Fsp3) is 0.385. The number of likely N-dealkylation sites (tertiary alicyclic amines) is 1. The summed E-state index contributed by atoms with van der Waals surface area (Å²) < 4.78 is 46.7. The molecule has 0 bridgehead atoms. The normalized spacial score (nSPS) is 15.0. The summed E-state index contributed by atoms with van der Waals surface area (Å²) in [5.41, 5.74) is 5.15. The first-order chi connectivity index (χ1) is 17.5. The van der Waals surface area contributed by atoms with Crippen LogP contribution in [0.15, 0.2) is 53.5 Å². The maximum absolute atomic E-state index is 13.9. The largest absolute Gasteiger partial charge is 0.443 e. The molecule has 0 aromatic heterocycles. The molecule has 3 amide bonds. The van der Waals surface area contributed by atoms with Crippen molar-refractivity contribution < 1.29 is 32.3 Å². The molecule has 1 fully saturated rings. The van der Waals surface area contributed by atoms with E-state index in [9.17, 15) is 27.6 Å². The second-order valence-corrected chi connectivity index (χ2v) is 9.05. The lowest BCUT2D eigenvalue weighted by Gasteiger charge is -2.34. The highest BCUT2D eigenvalue weighted by Crippen LogP contribution is 2.39. The predicted molar refractivity (Wildman–Crippen MR) is 131 cm³/mol. The van der Waals surface area contributed by atoms with Gasteiger partial charge >= 0.3 is 12.3 Å². The number of hydrogen-bond donors (Lipinski definition) is 2. The number of nitrogens with one attached hydrogen (secondary N) is 1. The molecule has 2 aromatic rings. The van der Waals surface area contributed by atoms with E-state index in [0.717, 1.165) is 6.07 Å². The Balaban J connectivity index is 1.68. The van der Waals surface area contributed by atoms with Crippen molar-refractivity contribution in [3.05, 3.63) is 70.8 Å². The van der Waals surface area contributed by atoms with Crippen molar-refractivity contribution in [1.29, 1.82) is 0 Å². The Morgan fingerprint density at radius 2 is 1.76 bits per heavy atom. The Labute approximate surface area is 212 Å². The van der Waals surface area contributed by atoms with Gasteiger partial charge in [0.1, 0.15) is 6.61 Å². The minimum atomic E-state index is -4.70. The minimum absolute atomic E-state index is 0.0234. The number of carbonyl (C=O) groups is 3. The van der Waals surface area contributed by atoms with Crippen LogP contribution in [-0.4, -0.2) is 41.9 Å². The highest BCUT2D eigenvalue weighted by molar-refractivity contribution is 6.07. The highest BCUT2D eigenvalue weighted by atomic mass is 19.4. The Morgan fingerprint density at radius 1 is 1.11 bits per heavy atom. The molecule has 11 heteroatoms. The van der Waals surface area contributed by atoms with E-state index in [1.807, 2.05) is 0 Å². The fourth-order valence-electron chi connectivity index (χ4n) is 4.14. The third kappa shape index (κ3) is 7.55. The highest BCUT2D eigenvalue weighted by Gasteiger charge is 2.37. The lowest BCUT2D eigenvalue weighted by molar-refractivity contribution is -0.139. The molecular formula is C26H29F3N4O4. The summed E-state index contributed by atoms with van der Waals surface area (Å²) in [4.78, 5) is 41.6. The number of rotatable bonds is 5. The van der Waals surface area contributed by atoms with Gasteiger partial charge in [0.15, 0.2) is 0 Å². The summed E-state index contributed by atoms with van der Waals surface area (Å²) in [5.74, 6) is -2.17. The van der Waals surface area contributed by atoms with Crippen LogP contribution in [0.25, 0.3) is 0 Å². The zero-order valence-corrected chi connectivity index (χ0v) is 20.5. The van der Waals surface area contributed by atoms with Crippen LogP contribution in [0.3, 0.4) is 0 Å². The van der Waals surface area contributed by atoms with E-state index < -0.39 is 35.6 Å². The van der Waals surface area contributed by atoms with Gasteiger partial charge in [0.05, 0.1) is 5.56 Å². The minimum Gasteiger partial charge on any atom is -0.443 e. The second-order valence-electron chi connectivity index (χ2n) is 9.05. The van der Waals surface area contributed by atoms with Gasteiger partial charge in [0, 0.05) is 24.6 Å². The first-order valence-electron chi connectivity index (χ1n) is 11.8. The number of amides is 3. The van der Waals surface area contributed by atoms with E-state index in [1.165, 1.54) is 12.1 Å². The number of alkyl halides is 3. The Hall–Kier alpha value is -3.89. The summed E-state index contributed by atoms with van der Waals surface area (Å²) in [6.45, 7) is 4.24. The van der Waals surface area contributed by atoms with Crippen molar-refractivity contribution in [1.82, 2.24) is 10.2 Å². The lowest BCUT2D eigenvalue weighted by atomic mass is 9.85. The van der Waals surface area contributed by atoms with Crippen molar-refractivity contribution in [2.75, 3.05) is 13.1 Å². The molecule has 0 atom stereocenters. The number of carbonyl (C=O) groups excluding carboxylic acids is 3. The van der Waals surface area contributed by atoms with E-state index in [4.69, 9.17) is 10.5 Å². The number of halogens is 3. The van der Waals surface area contributed by atoms with Gasteiger partial charge in [-0.1, -0.05) is 50.2 Å². The molecule has 37 heavy (non-hydrogen) atoms.